The number of aliphatic carboxylic acids is 1. The zero-order valence-electron chi connectivity index (χ0n) is 22.7. The highest BCUT2D eigenvalue weighted by Gasteiger charge is 2.62. The maximum Gasteiger partial charge on any atom is 0.331 e. The van der Waals surface area contributed by atoms with Crippen molar-refractivity contribution in [3.63, 3.8) is 0 Å². The molecule has 0 spiro atoms. The van der Waals surface area contributed by atoms with Crippen molar-refractivity contribution in [1.82, 2.24) is 15.5 Å². The van der Waals surface area contributed by atoms with E-state index in [0.717, 1.165) is 24.1 Å². The Morgan fingerprint density at radius 2 is 2.02 bits per heavy atom. The Kier molecular flexibility index (Phi) is 7.69. The van der Waals surface area contributed by atoms with Crippen LogP contribution >= 0.6 is 34.5 Å². The van der Waals surface area contributed by atoms with Crippen molar-refractivity contribution in [2.24, 2.45) is 0 Å². The number of aliphatic hydroxyl groups excluding tert-OH is 1. The molecule has 0 saturated heterocycles. The van der Waals surface area contributed by atoms with Crippen LogP contribution in [0.15, 0.2) is 41.8 Å². The average Bonchev–Trinajstić information content (AvgIpc) is 3.32. The minimum absolute atomic E-state index is 0.00267. The molecule has 1 aromatic heterocycles. The van der Waals surface area contributed by atoms with Gasteiger partial charge in [0.25, 0.3) is 11.8 Å². The van der Waals surface area contributed by atoms with E-state index in [-0.39, 0.29) is 34.5 Å². The summed E-state index contributed by atoms with van der Waals surface area (Å²) in [5.74, 6) is -2.03. The van der Waals surface area contributed by atoms with Crippen LogP contribution in [0.4, 0.5) is 5.69 Å². The molecule has 6 rings (SSSR count). The summed E-state index contributed by atoms with van der Waals surface area (Å²) in [6.07, 6.45) is 1.41. The standard InChI is InChI=1S/C30H30Cl2N4O5S/c1-2-18-10-15-5-6-16(12-21(15)33-18)28(39)36-8-7-19-17(14-36)11-20(31)24(25(19)32)27(38)35-30(29(40)41)13-23(30)34-26(37)22-4-3-9-42-22/h3-6,9,11-12,18,23,26,33-34,37H,2,7-8,10,13-14H2,1H3,(H,35,38)(H,40,41). The first-order valence-electron chi connectivity index (χ1n) is 13.8. The van der Waals surface area contributed by atoms with Gasteiger partial charge < -0.3 is 25.7 Å². The van der Waals surface area contributed by atoms with Gasteiger partial charge in [0.05, 0.1) is 15.6 Å². The van der Waals surface area contributed by atoms with E-state index in [1.54, 1.807) is 28.5 Å². The van der Waals surface area contributed by atoms with Gasteiger partial charge in [-0.2, -0.15) is 0 Å². The van der Waals surface area contributed by atoms with Crippen molar-refractivity contribution in [2.75, 3.05) is 11.9 Å². The van der Waals surface area contributed by atoms with E-state index in [4.69, 9.17) is 23.2 Å². The fourth-order valence-corrected chi connectivity index (χ4v) is 7.33. The minimum Gasteiger partial charge on any atom is -0.479 e. The van der Waals surface area contributed by atoms with Crippen LogP contribution in [0.3, 0.4) is 0 Å². The topological polar surface area (TPSA) is 131 Å². The maximum absolute atomic E-state index is 13.4. The predicted molar refractivity (Wildman–Crippen MR) is 161 cm³/mol. The molecule has 4 unspecified atom stereocenters. The van der Waals surface area contributed by atoms with Gasteiger partial charge in [0.15, 0.2) is 5.54 Å². The average molecular weight is 630 g/mol. The molecule has 2 amide bonds. The number of nitrogens with one attached hydrogen (secondary N) is 3. The van der Waals surface area contributed by atoms with Crippen LogP contribution in [0.2, 0.25) is 10.0 Å². The number of rotatable bonds is 8. The number of anilines is 1. The second-order valence-electron chi connectivity index (χ2n) is 11.1. The van der Waals surface area contributed by atoms with E-state index in [2.05, 4.69) is 22.9 Å². The fourth-order valence-electron chi connectivity index (χ4n) is 5.90. The highest BCUT2D eigenvalue weighted by Crippen LogP contribution is 2.41. The van der Waals surface area contributed by atoms with Crippen molar-refractivity contribution in [3.8, 4) is 0 Å². The molecule has 5 N–H and O–H groups in total. The van der Waals surface area contributed by atoms with E-state index in [1.165, 1.54) is 16.9 Å². The smallest absolute Gasteiger partial charge is 0.331 e. The summed E-state index contributed by atoms with van der Waals surface area (Å²) in [5, 5.41) is 31.4. The van der Waals surface area contributed by atoms with Crippen LogP contribution in [0.25, 0.3) is 0 Å². The molecular weight excluding hydrogens is 599 g/mol. The Bertz CT molecular complexity index is 1580. The predicted octanol–water partition coefficient (Wildman–Crippen LogP) is 4.61. The number of amides is 2. The Balaban J connectivity index is 1.17. The van der Waals surface area contributed by atoms with Crippen molar-refractivity contribution in [2.45, 2.75) is 63.0 Å². The molecule has 2 aromatic carbocycles. The molecule has 3 heterocycles. The van der Waals surface area contributed by atoms with Crippen molar-refractivity contribution in [1.29, 1.82) is 0 Å². The number of halogens is 2. The molecule has 2 aliphatic heterocycles. The second-order valence-corrected chi connectivity index (χ2v) is 12.8. The number of hydrogen-bond acceptors (Lipinski definition) is 7. The summed E-state index contributed by atoms with van der Waals surface area (Å²) in [4.78, 5) is 41.4. The Labute approximate surface area is 256 Å². The molecule has 3 aliphatic rings. The van der Waals surface area contributed by atoms with Gasteiger partial charge in [-0.3, -0.25) is 14.9 Å². The van der Waals surface area contributed by atoms with Crippen LogP contribution in [0.5, 0.6) is 0 Å². The lowest BCUT2D eigenvalue weighted by molar-refractivity contribution is -0.140. The third-order valence-electron chi connectivity index (χ3n) is 8.45. The Hall–Kier alpha value is -3.15. The number of carbonyl (C=O) groups is 3. The number of fused-ring (bicyclic) bond motifs is 2. The summed E-state index contributed by atoms with van der Waals surface area (Å²) in [7, 11) is 0. The second kappa shape index (κ2) is 11.2. The van der Waals surface area contributed by atoms with Gasteiger partial charge in [-0.25, -0.2) is 4.79 Å². The van der Waals surface area contributed by atoms with Gasteiger partial charge in [-0.15, -0.1) is 11.3 Å². The van der Waals surface area contributed by atoms with Gasteiger partial charge in [0.2, 0.25) is 0 Å². The number of carboxylic acids is 1. The normalized spacial score (nSPS) is 23.0. The SMILES string of the molecule is CCC1Cc2ccc(C(=O)N3CCc4c(cc(Cl)c(C(=O)NC5(C(=O)O)CC5NC(O)c5cccs5)c4Cl)C3)cc2N1. The molecule has 4 atom stereocenters. The zero-order valence-corrected chi connectivity index (χ0v) is 25.1. The summed E-state index contributed by atoms with van der Waals surface area (Å²) < 4.78 is 0. The maximum atomic E-state index is 13.4. The zero-order chi connectivity index (χ0) is 29.8. The molecule has 1 saturated carbocycles. The monoisotopic (exact) mass is 628 g/mol. The first-order chi connectivity index (χ1) is 20.1. The van der Waals surface area contributed by atoms with Crippen molar-refractivity contribution in [3.05, 3.63) is 84.5 Å². The largest absolute Gasteiger partial charge is 0.479 e. The van der Waals surface area contributed by atoms with E-state index in [0.29, 0.717) is 35.0 Å². The first-order valence-corrected chi connectivity index (χ1v) is 15.5. The van der Waals surface area contributed by atoms with E-state index >= 15 is 0 Å². The molecule has 3 aromatic rings. The summed E-state index contributed by atoms with van der Waals surface area (Å²) in [6, 6.07) is 10.6. The Morgan fingerprint density at radius 1 is 1.21 bits per heavy atom. The highest BCUT2D eigenvalue weighted by molar-refractivity contribution is 7.10. The molecule has 220 valence electrons. The highest BCUT2D eigenvalue weighted by atomic mass is 35.5. The lowest BCUT2D eigenvalue weighted by Gasteiger charge is -2.30. The quantitative estimate of drug-likeness (QED) is 0.230. The summed E-state index contributed by atoms with van der Waals surface area (Å²) in [6.45, 7) is 2.82. The number of nitrogens with zero attached hydrogens (tertiary/aromatic N) is 1. The molecule has 1 aliphatic carbocycles. The van der Waals surface area contributed by atoms with Gasteiger partial charge in [0.1, 0.15) is 6.23 Å². The summed E-state index contributed by atoms with van der Waals surface area (Å²) >= 11 is 14.6. The molecule has 9 nitrogen and oxygen atoms in total. The number of thiophene rings is 1. The third kappa shape index (κ3) is 5.16. The molecule has 12 heteroatoms. The number of aliphatic hydroxyl groups is 1. The van der Waals surface area contributed by atoms with Gasteiger partial charge in [-0.05, 0) is 65.6 Å². The van der Waals surface area contributed by atoms with Crippen LogP contribution < -0.4 is 16.0 Å². The van der Waals surface area contributed by atoms with E-state index in [9.17, 15) is 24.6 Å². The van der Waals surface area contributed by atoms with Gasteiger partial charge in [0, 0.05) is 47.7 Å². The number of carbonyl (C=O) groups excluding carboxylic acids is 2. The number of carboxylic acid groups (broad SMARTS) is 1. The molecular formula is C30H30Cl2N4O5S. The Morgan fingerprint density at radius 3 is 2.74 bits per heavy atom. The molecule has 1 fully saturated rings. The number of hydrogen-bond donors (Lipinski definition) is 5. The fraction of sp³-hybridized carbons (Fsp3) is 0.367. The van der Waals surface area contributed by atoms with Crippen LogP contribution in [0, 0.1) is 0 Å². The van der Waals surface area contributed by atoms with Crippen LogP contribution in [-0.2, 0) is 24.2 Å². The van der Waals surface area contributed by atoms with Crippen molar-refractivity contribution >= 4 is 58.0 Å². The van der Waals surface area contributed by atoms with Crippen LogP contribution in [0.1, 0.15) is 68.3 Å². The molecule has 0 bridgehead atoms. The first kappa shape index (κ1) is 28.9. The number of benzene rings is 2. The van der Waals surface area contributed by atoms with Gasteiger partial charge >= 0.3 is 5.97 Å². The lowest BCUT2D eigenvalue weighted by Crippen LogP contribution is -2.49. The lowest BCUT2D eigenvalue weighted by atomic mass is 9.95. The van der Waals surface area contributed by atoms with Crippen molar-refractivity contribution < 1.29 is 24.6 Å². The minimum atomic E-state index is -1.61. The van der Waals surface area contributed by atoms with Gasteiger partial charge in [-0.1, -0.05) is 42.3 Å². The third-order valence-corrected chi connectivity index (χ3v) is 10.1. The van der Waals surface area contributed by atoms with E-state index in [1.807, 2.05) is 18.2 Å². The van der Waals surface area contributed by atoms with E-state index < -0.39 is 29.7 Å². The summed E-state index contributed by atoms with van der Waals surface area (Å²) in [5.41, 5.74) is 2.65. The molecule has 0 radical (unpaired) electrons. The molecule has 42 heavy (non-hydrogen) atoms. The van der Waals surface area contributed by atoms with Crippen LogP contribution in [-0.4, -0.2) is 57.1 Å².